The predicted molar refractivity (Wildman–Crippen MR) is 123 cm³/mol. The number of anilines is 1. The topological polar surface area (TPSA) is 92.5 Å². The minimum Gasteiger partial charge on any atom is -0.385 e. The van der Waals surface area contributed by atoms with Gasteiger partial charge in [-0.3, -0.25) is 4.79 Å². The maximum atomic E-state index is 12.6. The summed E-state index contributed by atoms with van der Waals surface area (Å²) in [6.07, 6.45) is 2.44. The maximum absolute atomic E-state index is 12.6. The lowest BCUT2D eigenvalue weighted by Crippen LogP contribution is -2.42. The molecular weight excluding hydrogens is 418 g/mol. The van der Waals surface area contributed by atoms with Crippen LogP contribution in [0.1, 0.15) is 24.8 Å². The number of hydrogen-bond donors (Lipinski definition) is 2. The number of benzene rings is 2. The number of carbonyl (C=O) groups is 1. The van der Waals surface area contributed by atoms with Crippen molar-refractivity contribution in [3.63, 3.8) is 0 Å². The molecule has 0 aromatic heterocycles. The molecule has 162 valence electrons. The summed E-state index contributed by atoms with van der Waals surface area (Å²) in [6.45, 7) is 1.55. The zero-order valence-corrected chi connectivity index (χ0v) is 18.6. The van der Waals surface area contributed by atoms with Gasteiger partial charge in [0.05, 0.1) is 22.6 Å². The van der Waals surface area contributed by atoms with Crippen LogP contribution in [0.25, 0.3) is 0 Å². The summed E-state index contributed by atoms with van der Waals surface area (Å²) < 4.78 is 25.1. The molecule has 3 rings (SSSR count). The largest absolute Gasteiger partial charge is 0.385 e. The van der Waals surface area contributed by atoms with Crippen LogP contribution in [0.15, 0.2) is 59.5 Å². The van der Waals surface area contributed by atoms with Crippen LogP contribution in [0.3, 0.4) is 0 Å². The molecule has 1 heterocycles. The Hall–Kier alpha value is -2.03. The summed E-state index contributed by atoms with van der Waals surface area (Å²) in [5.41, 5.74) is 7.68. The zero-order chi connectivity index (χ0) is 21.4. The molecular formula is C22H29N3O3S2. The molecule has 0 unspecified atom stereocenters. The van der Waals surface area contributed by atoms with E-state index in [1.165, 1.54) is 0 Å². The van der Waals surface area contributed by atoms with E-state index in [1.54, 1.807) is 36.0 Å². The molecule has 0 aliphatic carbocycles. The first-order valence-corrected chi connectivity index (χ1v) is 13.0. The van der Waals surface area contributed by atoms with Gasteiger partial charge < -0.3 is 16.0 Å². The fraction of sp³-hybridized carbons (Fsp3) is 0.409. The molecule has 0 bridgehead atoms. The molecule has 1 amide bonds. The SMILES string of the molecule is N[C@@H](CCCCNc1ccc(S(=O)(=O)Cc2ccccc2)cc1)C(=O)N1CCSC1. The van der Waals surface area contributed by atoms with E-state index in [0.717, 1.165) is 48.8 Å². The van der Waals surface area contributed by atoms with E-state index >= 15 is 0 Å². The fourth-order valence-corrected chi connectivity index (χ4v) is 5.63. The Bertz CT molecular complexity index is 912. The Morgan fingerprint density at radius 3 is 2.50 bits per heavy atom. The van der Waals surface area contributed by atoms with Crippen molar-refractivity contribution in [2.24, 2.45) is 5.73 Å². The van der Waals surface area contributed by atoms with Crippen molar-refractivity contribution in [2.75, 3.05) is 30.0 Å². The van der Waals surface area contributed by atoms with Gasteiger partial charge in [-0.05, 0) is 49.1 Å². The smallest absolute Gasteiger partial charge is 0.240 e. The number of hydrogen-bond acceptors (Lipinski definition) is 6. The van der Waals surface area contributed by atoms with Crippen LogP contribution in [-0.2, 0) is 20.4 Å². The summed E-state index contributed by atoms with van der Waals surface area (Å²) in [7, 11) is -3.36. The summed E-state index contributed by atoms with van der Waals surface area (Å²) in [6, 6.07) is 15.6. The first kappa shape index (κ1) is 22.7. The molecule has 6 nitrogen and oxygen atoms in total. The molecule has 0 radical (unpaired) electrons. The molecule has 1 fully saturated rings. The number of thioether (sulfide) groups is 1. The second kappa shape index (κ2) is 10.8. The molecule has 1 aliphatic rings. The number of nitrogens with zero attached hydrogens (tertiary/aromatic N) is 1. The molecule has 1 atom stereocenters. The van der Waals surface area contributed by atoms with Gasteiger partial charge in [-0.15, -0.1) is 11.8 Å². The van der Waals surface area contributed by atoms with Crippen molar-refractivity contribution >= 4 is 33.2 Å². The third-order valence-corrected chi connectivity index (χ3v) is 7.73. The first-order valence-electron chi connectivity index (χ1n) is 10.2. The normalized spacial score (nSPS) is 15.2. The van der Waals surface area contributed by atoms with Crippen LogP contribution in [0.5, 0.6) is 0 Å². The predicted octanol–water partition coefficient (Wildman–Crippen LogP) is 3.10. The van der Waals surface area contributed by atoms with Crippen molar-refractivity contribution < 1.29 is 13.2 Å². The second-order valence-corrected chi connectivity index (χ2v) is 10.5. The molecule has 2 aromatic carbocycles. The Kier molecular flexibility index (Phi) is 8.18. The Morgan fingerprint density at radius 1 is 1.10 bits per heavy atom. The Labute approximate surface area is 183 Å². The van der Waals surface area contributed by atoms with Crippen LogP contribution in [0.2, 0.25) is 0 Å². The van der Waals surface area contributed by atoms with E-state index in [9.17, 15) is 13.2 Å². The third kappa shape index (κ3) is 6.48. The molecule has 2 aromatic rings. The van der Waals surface area contributed by atoms with Crippen molar-refractivity contribution in [1.82, 2.24) is 4.90 Å². The fourth-order valence-electron chi connectivity index (χ4n) is 3.32. The molecule has 1 saturated heterocycles. The number of rotatable bonds is 10. The standard InChI is InChI=1S/C22H29N3O3S2/c23-21(22(26)25-14-15-29-17-25)8-4-5-13-24-19-9-11-20(12-10-19)30(27,28)16-18-6-2-1-3-7-18/h1-3,6-7,9-12,21,24H,4-5,8,13-17,23H2/t21-/m0/s1. The number of nitrogens with two attached hydrogens (primary N) is 1. The van der Waals surface area contributed by atoms with Crippen LogP contribution < -0.4 is 11.1 Å². The van der Waals surface area contributed by atoms with Crippen LogP contribution in [0.4, 0.5) is 5.69 Å². The minimum absolute atomic E-state index is 0.00426. The number of amides is 1. The van der Waals surface area contributed by atoms with Crippen LogP contribution in [0, 0.1) is 0 Å². The number of nitrogens with one attached hydrogen (secondary N) is 1. The van der Waals surface area contributed by atoms with E-state index < -0.39 is 15.9 Å². The molecule has 0 saturated carbocycles. The highest BCUT2D eigenvalue weighted by Gasteiger charge is 2.23. The van der Waals surface area contributed by atoms with Gasteiger partial charge in [0.25, 0.3) is 0 Å². The summed E-state index contributed by atoms with van der Waals surface area (Å²) >= 11 is 1.76. The van der Waals surface area contributed by atoms with Gasteiger partial charge in [0.1, 0.15) is 0 Å². The highest BCUT2D eigenvalue weighted by molar-refractivity contribution is 7.99. The van der Waals surface area contributed by atoms with Crippen molar-refractivity contribution in [3.8, 4) is 0 Å². The zero-order valence-electron chi connectivity index (χ0n) is 17.0. The Balaban J connectivity index is 1.40. The Morgan fingerprint density at radius 2 is 1.83 bits per heavy atom. The number of carbonyl (C=O) groups excluding carboxylic acids is 1. The highest BCUT2D eigenvalue weighted by atomic mass is 32.2. The molecule has 30 heavy (non-hydrogen) atoms. The molecule has 3 N–H and O–H groups in total. The van der Waals surface area contributed by atoms with Crippen molar-refractivity contribution in [3.05, 3.63) is 60.2 Å². The second-order valence-electron chi connectivity index (χ2n) is 7.44. The van der Waals surface area contributed by atoms with E-state index in [2.05, 4.69) is 5.32 Å². The van der Waals surface area contributed by atoms with E-state index in [1.807, 2.05) is 35.2 Å². The quantitative estimate of drug-likeness (QED) is 0.544. The van der Waals surface area contributed by atoms with Gasteiger partial charge in [-0.2, -0.15) is 0 Å². The van der Waals surface area contributed by atoms with Gasteiger partial charge in [0, 0.05) is 24.5 Å². The van der Waals surface area contributed by atoms with Gasteiger partial charge >= 0.3 is 0 Å². The van der Waals surface area contributed by atoms with Crippen LogP contribution in [-0.4, -0.2) is 50.0 Å². The number of unbranched alkanes of at least 4 members (excludes halogenated alkanes) is 1. The lowest BCUT2D eigenvalue weighted by Gasteiger charge is -2.19. The van der Waals surface area contributed by atoms with Crippen molar-refractivity contribution in [1.29, 1.82) is 0 Å². The van der Waals surface area contributed by atoms with Gasteiger partial charge in [0.15, 0.2) is 9.84 Å². The summed E-state index contributed by atoms with van der Waals surface area (Å²) in [5.74, 6) is 1.80. The average molecular weight is 448 g/mol. The average Bonchev–Trinajstić information content (AvgIpc) is 3.28. The van der Waals surface area contributed by atoms with E-state index in [0.29, 0.717) is 11.3 Å². The van der Waals surface area contributed by atoms with Gasteiger partial charge in [-0.25, -0.2) is 8.42 Å². The van der Waals surface area contributed by atoms with Gasteiger partial charge in [-0.1, -0.05) is 30.3 Å². The van der Waals surface area contributed by atoms with E-state index in [-0.39, 0.29) is 11.7 Å². The van der Waals surface area contributed by atoms with Crippen LogP contribution >= 0.6 is 11.8 Å². The summed E-state index contributed by atoms with van der Waals surface area (Å²) in [5, 5.41) is 3.30. The first-order chi connectivity index (χ1) is 14.5. The monoisotopic (exact) mass is 447 g/mol. The van der Waals surface area contributed by atoms with Crippen molar-refractivity contribution in [2.45, 2.75) is 36.0 Å². The maximum Gasteiger partial charge on any atom is 0.240 e. The number of sulfone groups is 1. The van der Waals surface area contributed by atoms with Gasteiger partial charge in [0.2, 0.25) is 5.91 Å². The third-order valence-electron chi connectivity index (χ3n) is 5.07. The minimum atomic E-state index is -3.36. The summed E-state index contributed by atoms with van der Waals surface area (Å²) in [4.78, 5) is 14.3. The lowest BCUT2D eigenvalue weighted by molar-refractivity contribution is -0.131. The highest BCUT2D eigenvalue weighted by Crippen LogP contribution is 2.19. The lowest BCUT2D eigenvalue weighted by atomic mass is 10.1. The molecule has 8 heteroatoms. The van der Waals surface area contributed by atoms with E-state index in [4.69, 9.17) is 5.73 Å². The molecule has 0 spiro atoms. The molecule has 1 aliphatic heterocycles.